The van der Waals surface area contributed by atoms with E-state index in [1.165, 1.54) is 25.0 Å². The van der Waals surface area contributed by atoms with Crippen molar-refractivity contribution in [1.29, 1.82) is 0 Å². The molecule has 1 N–H and O–H groups in total. The molecule has 1 aromatic rings. The third-order valence-electron chi connectivity index (χ3n) is 6.05. The van der Waals surface area contributed by atoms with Crippen LogP contribution in [0.15, 0.2) is 6.07 Å². The first kappa shape index (κ1) is 12.0. The van der Waals surface area contributed by atoms with Gasteiger partial charge in [0.2, 0.25) is 0 Å². The van der Waals surface area contributed by atoms with Gasteiger partial charge in [-0.3, -0.25) is 4.68 Å². The molecule has 3 nitrogen and oxygen atoms in total. The van der Waals surface area contributed by atoms with E-state index in [0.717, 1.165) is 42.2 Å². The Bertz CT molecular complexity index is 479. The SMILES string of the molecule is CCc1cc(CC(O)C2C3C4CCC(C4)C23)n(C)n1. The van der Waals surface area contributed by atoms with E-state index in [4.69, 9.17) is 0 Å². The highest BCUT2D eigenvalue weighted by Crippen LogP contribution is 2.70. The minimum atomic E-state index is -0.140. The second-order valence-electron chi connectivity index (χ2n) is 6.94. The summed E-state index contributed by atoms with van der Waals surface area (Å²) >= 11 is 0. The molecule has 5 atom stereocenters. The van der Waals surface area contributed by atoms with Gasteiger partial charge in [-0.05, 0) is 61.3 Å². The number of aryl methyl sites for hydroxylation is 2. The van der Waals surface area contributed by atoms with Crippen LogP contribution in [0.25, 0.3) is 0 Å². The molecule has 5 unspecified atom stereocenters. The van der Waals surface area contributed by atoms with Crippen molar-refractivity contribution in [2.75, 3.05) is 0 Å². The summed E-state index contributed by atoms with van der Waals surface area (Å²) in [6, 6.07) is 2.16. The van der Waals surface area contributed by atoms with Gasteiger partial charge in [0.25, 0.3) is 0 Å². The Labute approximate surface area is 115 Å². The van der Waals surface area contributed by atoms with Crippen molar-refractivity contribution in [2.24, 2.45) is 36.6 Å². The first-order valence-electron chi connectivity index (χ1n) is 7.89. The highest BCUT2D eigenvalue weighted by molar-refractivity contribution is 5.17. The van der Waals surface area contributed by atoms with Gasteiger partial charge in [-0.2, -0.15) is 5.10 Å². The molecule has 0 amide bonds. The normalized spacial score (nSPS) is 40.5. The molecule has 3 saturated carbocycles. The Morgan fingerprint density at radius 3 is 2.63 bits per heavy atom. The molecular weight excluding hydrogens is 236 g/mol. The molecule has 19 heavy (non-hydrogen) atoms. The molecule has 0 spiro atoms. The molecule has 0 aromatic carbocycles. The fraction of sp³-hybridized carbons (Fsp3) is 0.812. The summed E-state index contributed by atoms with van der Waals surface area (Å²) in [7, 11) is 2.00. The third kappa shape index (κ3) is 1.70. The van der Waals surface area contributed by atoms with Crippen LogP contribution in [0.4, 0.5) is 0 Å². The minimum Gasteiger partial charge on any atom is -0.392 e. The summed E-state index contributed by atoms with van der Waals surface area (Å²) < 4.78 is 1.95. The average molecular weight is 260 g/mol. The van der Waals surface area contributed by atoms with Crippen LogP contribution in [0.3, 0.4) is 0 Å². The summed E-state index contributed by atoms with van der Waals surface area (Å²) in [5, 5.41) is 15.1. The number of aliphatic hydroxyl groups is 1. The highest BCUT2D eigenvalue weighted by Gasteiger charge is 2.66. The van der Waals surface area contributed by atoms with E-state index in [0.29, 0.717) is 5.92 Å². The van der Waals surface area contributed by atoms with Crippen molar-refractivity contribution in [3.8, 4) is 0 Å². The standard InChI is InChI=1S/C16H24N2O/c1-3-11-7-12(18(2)17-11)8-13(19)16-14-9-4-5-10(6-9)15(14)16/h7,9-10,13-16,19H,3-6,8H2,1-2H3. The zero-order valence-electron chi connectivity index (χ0n) is 11.9. The second-order valence-corrected chi connectivity index (χ2v) is 6.94. The molecule has 1 heterocycles. The van der Waals surface area contributed by atoms with Crippen molar-refractivity contribution in [1.82, 2.24) is 9.78 Å². The molecular formula is C16H24N2O. The smallest absolute Gasteiger partial charge is 0.0629 e. The molecule has 2 bridgehead atoms. The van der Waals surface area contributed by atoms with Crippen LogP contribution < -0.4 is 0 Å². The molecule has 3 aliphatic rings. The molecule has 104 valence electrons. The van der Waals surface area contributed by atoms with Crippen molar-refractivity contribution in [3.63, 3.8) is 0 Å². The predicted molar refractivity (Wildman–Crippen MR) is 73.6 cm³/mol. The lowest BCUT2D eigenvalue weighted by molar-refractivity contribution is 0.126. The minimum absolute atomic E-state index is 0.140. The first-order chi connectivity index (χ1) is 9.19. The van der Waals surface area contributed by atoms with E-state index in [1.807, 2.05) is 11.7 Å². The topological polar surface area (TPSA) is 38.0 Å². The van der Waals surface area contributed by atoms with Crippen LogP contribution >= 0.6 is 0 Å². The number of aliphatic hydroxyl groups excluding tert-OH is 1. The van der Waals surface area contributed by atoms with Gasteiger partial charge in [0.15, 0.2) is 0 Å². The first-order valence-corrected chi connectivity index (χ1v) is 7.89. The van der Waals surface area contributed by atoms with Gasteiger partial charge in [0.05, 0.1) is 11.8 Å². The van der Waals surface area contributed by atoms with Crippen molar-refractivity contribution < 1.29 is 5.11 Å². The van der Waals surface area contributed by atoms with Crippen LogP contribution in [-0.2, 0) is 19.9 Å². The van der Waals surface area contributed by atoms with Crippen LogP contribution in [0.2, 0.25) is 0 Å². The van der Waals surface area contributed by atoms with E-state index >= 15 is 0 Å². The van der Waals surface area contributed by atoms with E-state index in [9.17, 15) is 5.11 Å². The van der Waals surface area contributed by atoms with Gasteiger partial charge in [0.1, 0.15) is 0 Å². The lowest BCUT2D eigenvalue weighted by Gasteiger charge is -2.15. The van der Waals surface area contributed by atoms with Gasteiger partial charge in [-0.15, -0.1) is 0 Å². The summed E-state index contributed by atoms with van der Waals surface area (Å²) in [5.41, 5.74) is 2.34. The summed E-state index contributed by atoms with van der Waals surface area (Å²) in [6.07, 6.45) is 5.95. The van der Waals surface area contributed by atoms with Crippen molar-refractivity contribution >= 4 is 0 Å². The number of hydrogen-bond donors (Lipinski definition) is 1. The highest BCUT2D eigenvalue weighted by atomic mass is 16.3. The monoisotopic (exact) mass is 260 g/mol. The van der Waals surface area contributed by atoms with Gasteiger partial charge in [-0.25, -0.2) is 0 Å². The van der Waals surface area contributed by atoms with Gasteiger partial charge in [0, 0.05) is 19.2 Å². The van der Waals surface area contributed by atoms with E-state index < -0.39 is 0 Å². The van der Waals surface area contributed by atoms with E-state index in [1.54, 1.807) is 0 Å². The Kier molecular flexibility index (Phi) is 2.57. The Morgan fingerprint density at radius 2 is 2.05 bits per heavy atom. The van der Waals surface area contributed by atoms with Crippen LogP contribution in [0, 0.1) is 29.6 Å². The summed E-state index contributed by atoms with van der Waals surface area (Å²) in [4.78, 5) is 0. The second kappa shape index (κ2) is 4.08. The van der Waals surface area contributed by atoms with Crippen LogP contribution in [0.5, 0.6) is 0 Å². The maximum Gasteiger partial charge on any atom is 0.0629 e. The van der Waals surface area contributed by atoms with Crippen LogP contribution in [-0.4, -0.2) is 21.0 Å². The molecule has 3 fully saturated rings. The number of nitrogens with zero attached hydrogens (tertiary/aromatic N) is 2. The number of aromatic nitrogens is 2. The lowest BCUT2D eigenvalue weighted by Crippen LogP contribution is -2.20. The molecule has 3 aliphatic carbocycles. The quantitative estimate of drug-likeness (QED) is 0.901. The van der Waals surface area contributed by atoms with Crippen molar-refractivity contribution in [3.05, 3.63) is 17.5 Å². The summed E-state index contributed by atoms with van der Waals surface area (Å²) in [6.45, 7) is 2.13. The Morgan fingerprint density at radius 1 is 1.37 bits per heavy atom. The zero-order valence-corrected chi connectivity index (χ0v) is 11.9. The molecule has 4 rings (SSSR count). The van der Waals surface area contributed by atoms with Crippen LogP contribution in [0.1, 0.15) is 37.6 Å². The lowest BCUT2D eigenvalue weighted by atomic mass is 9.96. The predicted octanol–water partition coefficient (Wildman–Crippen LogP) is 2.18. The molecule has 0 saturated heterocycles. The number of hydrogen-bond acceptors (Lipinski definition) is 2. The number of rotatable bonds is 4. The third-order valence-corrected chi connectivity index (χ3v) is 6.05. The fourth-order valence-electron chi connectivity index (χ4n) is 5.19. The Balaban J connectivity index is 1.45. The molecule has 1 aromatic heterocycles. The number of fused-ring (bicyclic) bond motifs is 5. The maximum absolute atomic E-state index is 10.6. The van der Waals surface area contributed by atoms with Gasteiger partial charge < -0.3 is 5.11 Å². The molecule has 0 radical (unpaired) electrons. The van der Waals surface area contributed by atoms with E-state index in [-0.39, 0.29) is 6.10 Å². The largest absolute Gasteiger partial charge is 0.392 e. The zero-order chi connectivity index (χ0) is 13.1. The maximum atomic E-state index is 10.6. The van der Waals surface area contributed by atoms with Gasteiger partial charge in [-0.1, -0.05) is 6.92 Å². The summed E-state index contributed by atoms with van der Waals surface area (Å²) in [5.74, 6) is 4.24. The average Bonchev–Trinajstić information content (AvgIpc) is 2.71. The Hall–Kier alpha value is -0.830. The fourth-order valence-corrected chi connectivity index (χ4v) is 5.19. The van der Waals surface area contributed by atoms with E-state index in [2.05, 4.69) is 18.1 Å². The molecule has 0 aliphatic heterocycles. The van der Waals surface area contributed by atoms with Crippen molar-refractivity contribution in [2.45, 2.75) is 45.1 Å². The van der Waals surface area contributed by atoms with Gasteiger partial charge >= 0.3 is 0 Å². The molecule has 3 heteroatoms.